The fourth-order valence-corrected chi connectivity index (χ4v) is 5.70. The second-order valence-electron chi connectivity index (χ2n) is 7.07. The zero-order valence-corrected chi connectivity index (χ0v) is 22.9. The molecule has 0 spiro atoms. The van der Waals surface area contributed by atoms with E-state index in [0.717, 1.165) is 34.4 Å². The number of thiophene rings is 1. The maximum absolute atomic E-state index is 12.7. The van der Waals surface area contributed by atoms with Gasteiger partial charge in [-0.05, 0) is 38.5 Å². The van der Waals surface area contributed by atoms with Crippen LogP contribution in [0.5, 0.6) is 5.75 Å². The van der Waals surface area contributed by atoms with Crippen LogP contribution in [0.3, 0.4) is 0 Å². The van der Waals surface area contributed by atoms with Gasteiger partial charge in [0.2, 0.25) is 11.0 Å². The summed E-state index contributed by atoms with van der Waals surface area (Å²) >= 11 is 3.16. The molecular formula is C23H24N4O7S3. The third-order valence-corrected chi connectivity index (χ3v) is 7.80. The molecule has 0 aliphatic heterocycles. The number of rotatable bonds is 11. The van der Waals surface area contributed by atoms with E-state index in [4.69, 9.17) is 14.2 Å². The van der Waals surface area contributed by atoms with Gasteiger partial charge in [-0.25, -0.2) is 9.59 Å². The number of hydrogen-bond donors (Lipinski definition) is 2. The number of carbonyl (C=O) groups excluding carboxylic acids is 4. The molecule has 1 aromatic carbocycles. The number of nitrogens with zero attached hydrogens (tertiary/aromatic N) is 2. The van der Waals surface area contributed by atoms with Crippen LogP contribution in [-0.2, 0) is 14.3 Å². The highest BCUT2D eigenvalue weighted by atomic mass is 32.2. The molecule has 3 aromatic rings. The Morgan fingerprint density at radius 1 is 0.973 bits per heavy atom. The van der Waals surface area contributed by atoms with Crippen molar-refractivity contribution in [3.63, 3.8) is 0 Å². The normalized spacial score (nSPS) is 10.5. The molecule has 2 heterocycles. The van der Waals surface area contributed by atoms with Gasteiger partial charge in [-0.2, -0.15) is 0 Å². The van der Waals surface area contributed by atoms with Gasteiger partial charge in [0.25, 0.3) is 5.91 Å². The Labute approximate surface area is 224 Å². The van der Waals surface area contributed by atoms with Crippen molar-refractivity contribution in [1.29, 1.82) is 0 Å². The lowest BCUT2D eigenvalue weighted by Crippen LogP contribution is -2.16. The van der Waals surface area contributed by atoms with Gasteiger partial charge in [0.1, 0.15) is 15.6 Å². The molecule has 14 heteroatoms. The van der Waals surface area contributed by atoms with Crippen LogP contribution in [0.4, 0.5) is 10.1 Å². The Bertz CT molecular complexity index is 1310. The number of benzene rings is 1. The van der Waals surface area contributed by atoms with Crippen molar-refractivity contribution in [2.75, 3.05) is 36.7 Å². The third-order valence-electron chi connectivity index (χ3n) is 4.65. The number of anilines is 2. The molecule has 2 N–H and O–H groups in total. The number of amides is 2. The Kier molecular flexibility index (Phi) is 10.00. The highest BCUT2D eigenvalue weighted by Gasteiger charge is 2.27. The van der Waals surface area contributed by atoms with Gasteiger partial charge in [-0.1, -0.05) is 35.2 Å². The Morgan fingerprint density at radius 2 is 1.68 bits per heavy atom. The standard InChI is InChI=1S/C23H24N4O7S3/c1-5-33-20(30)16-12(3)17(21(31)34-6-2)36-19(16)24-15(28)11-35-23-27-26-22(37-23)25-18(29)13-9-7-8-10-14(13)32-4/h7-10H,5-6,11H2,1-4H3,(H,24,28)(H,25,26,29). The molecule has 0 atom stereocenters. The maximum Gasteiger partial charge on any atom is 0.348 e. The minimum atomic E-state index is -0.644. The van der Waals surface area contributed by atoms with Crippen LogP contribution in [0.15, 0.2) is 28.6 Å². The Morgan fingerprint density at radius 3 is 2.38 bits per heavy atom. The molecule has 37 heavy (non-hydrogen) atoms. The molecule has 0 bridgehead atoms. The lowest BCUT2D eigenvalue weighted by atomic mass is 10.1. The summed E-state index contributed by atoms with van der Waals surface area (Å²) in [6.45, 7) is 5.25. The first-order chi connectivity index (χ1) is 17.8. The summed E-state index contributed by atoms with van der Waals surface area (Å²) in [5.74, 6) is -1.69. The van der Waals surface area contributed by atoms with Crippen molar-refractivity contribution in [1.82, 2.24) is 10.2 Å². The molecule has 0 aliphatic rings. The van der Waals surface area contributed by atoms with Crippen molar-refractivity contribution in [2.45, 2.75) is 25.1 Å². The monoisotopic (exact) mass is 564 g/mol. The van der Waals surface area contributed by atoms with Gasteiger partial charge in [-0.3, -0.25) is 14.9 Å². The van der Waals surface area contributed by atoms with Crippen LogP contribution in [0.2, 0.25) is 0 Å². The first-order valence-corrected chi connectivity index (χ1v) is 13.6. The zero-order valence-electron chi connectivity index (χ0n) is 20.4. The van der Waals surface area contributed by atoms with Gasteiger partial charge in [0, 0.05) is 0 Å². The molecule has 11 nitrogen and oxygen atoms in total. The van der Waals surface area contributed by atoms with E-state index in [0.29, 0.717) is 21.2 Å². The topological polar surface area (TPSA) is 146 Å². The number of carbonyl (C=O) groups is 4. The summed E-state index contributed by atoms with van der Waals surface area (Å²) in [4.78, 5) is 50.2. The highest BCUT2D eigenvalue weighted by molar-refractivity contribution is 8.01. The number of ether oxygens (including phenoxy) is 3. The predicted molar refractivity (Wildman–Crippen MR) is 141 cm³/mol. The minimum Gasteiger partial charge on any atom is -0.496 e. The predicted octanol–water partition coefficient (Wildman–Crippen LogP) is 4.25. The first kappa shape index (κ1) is 28.1. The summed E-state index contributed by atoms with van der Waals surface area (Å²) in [6, 6.07) is 6.77. The molecule has 0 radical (unpaired) electrons. The highest BCUT2D eigenvalue weighted by Crippen LogP contribution is 2.35. The largest absolute Gasteiger partial charge is 0.496 e. The van der Waals surface area contributed by atoms with Crippen molar-refractivity contribution in [3.05, 3.63) is 45.8 Å². The quantitative estimate of drug-likeness (QED) is 0.197. The second-order valence-corrected chi connectivity index (χ2v) is 10.3. The van der Waals surface area contributed by atoms with Crippen LogP contribution in [0.25, 0.3) is 0 Å². The molecule has 0 saturated heterocycles. The van der Waals surface area contributed by atoms with E-state index in [9.17, 15) is 19.2 Å². The van der Waals surface area contributed by atoms with Crippen molar-refractivity contribution < 1.29 is 33.4 Å². The SMILES string of the molecule is CCOC(=O)c1sc(NC(=O)CSc2nnc(NC(=O)c3ccccc3OC)s2)c(C(=O)OCC)c1C. The molecule has 2 amide bonds. The Balaban J connectivity index is 1.65. The molecule has 2 aromatic heterocycles. The van der Waals surface area contributed by atoms with E-state index in [1.54, 1.807) is 45.0 Å². The number of nitrogens with one attached hydrogen (secondary N) is 2. The number of thioether (sulfide) groups is 1. The van der Waals surface area contributed by atoms with Gasteiger partial charge in [0.15, 0.2) is 4.34 Å². The summed E-state index contributed by atoms with van der Waals surface area (Å²) in [6.07, 6.45) is 0. The van der Waals surface area contributed by atoms with Gasteiger partial charge < -0.3 is 19.5 Å². The lowest BCUT2D eigenvalue weighted by molar-refractivity contribution is -0.113. The summed E-state index contributed by atoms with van der Waals surface area (Å²) in [5.41, 5.74) is 0.842. The average molecular weight is 565 g/mol. The number of aromatic nitrogens is 2. The molecule has 196 valence electrons. The van der Waals surface area contributed by atoms with Crippen LogP contribution < -0.4 is 15.4 Å². The van der Waals surface area contributed by atoms with Gasteiger partial charge in [0.05, 0.1) is 37.2 Å². The van der Waals surface area contributed by atoms with Crippen molar-refractivity contribution in [3.8, 4) is 5.75 Å². The number of para-hydroxylation sites is 1. The number of esters is 2. The molecule has 3 rings (SSSR count). The van der Waals surface area contributed by atoms with E-state index >= 15 is 0 Å². The summed E-state index contributed by atoms with van der Waals surface area (Å²) in [7, 11) is 1.47. The average Bonchev–Trinajstić information content (AvgIpc) is 3.46. The van der Waals surface area contributed by atoms with E-state index in [1.165, 1.54) is 7.11 Å². The number of hydrogen-bond acceptors (Lipinski definition) is 12. The van der Waals surface area contributed by atoms with E-state index in [1.807, 2.05) is 0 Å². The lowest BCUT2D eigenvalue weighted by Gasteiger charge is -2.07. The van der Waals surface area contributed by atoms with E-state index in [2.05, 4.69) is 20.8 Å². The van der Waals surface area contributed by atoms with Crippen LogP contribution in [0, 0.1) is 6.92 Å². The van der Waals surface area contributed by atoms with Gasteiger partial charge >= 0.3 is 11.9 Å². The van der Waals surface area contributed by atoms with E-state index < -0.39 is 23.8 Å². The van der Waals surface area contributed by atoms with Crippen LogP contribution in [0.1, 0.15) is 49.8 Å². The molecule has 0 saturated carbocycles. The molecular weight excluding hydrogens is 540 g/mol. The fraction of sp³-hybridized carbons (Fsp3) is 0.304. The third kappa shape index (κ3) is 7.05. The van der Waals surface area contributed by atoms with Crippen molar-refractivity contribution >= 4 is 68.3 Å². The smallest absolute Gasteiger partial charge is 0.348 e. The van der Waals surface area contributed by atoms with Crippen molar-refractivity contribution in [2.24, 2.45) is 0 Å². The molecule has 0 fully saturated rings. The second kappa shape index (κ2) is 13.2. The first-order valence-electron chi connectivity index (χ1n) is 11.0. The summed E-state index contributed by atoms with van der Waals surface area (Å²) < 4.78 is 15.8. The van der Waals surface area contributed by atoms with Crippen LogP contribution in [-0.4, -0.2) is 60.0 Å². The molecule has 0 unspecified atom stereocenters. The molecule has 0 aliphatic carbocycles. The van der Waals surface area contributed by atoms with E-state index in [-0.39, 0.29) is 39.5 Å². The van der Waals surface area contributed by atoms with Crippen LogP contribution >= 0.6 is 34.4 Å². The fourth-order valence-electron chi connectivity index (χ4n) is 3.05. The maximum atomic E-state index is 12.7. The number of methoxy groups -OCH3 is 1. The minimum absolute atomic E-state index is 0.0525. The Hall–Kier alpha value is -3.49. The zero-order chi connectivity index (χ0) is 26.9. The van der Waals surface area contributed by atoms with Gasteiger partial charge in [-0.15, -0.1) is 21.5 Å². The summed E-state index contributed by atoms with van der Waals surface area (Å²) in [5, 5.41) is 13.7.